The van der Waals surface area contributed by atoms with Crippen LogP contribution in [0.15, 0.2) is 17.0 Å². The van der Waals surface area contributed by atoms with E-state index in [-0.39, 0.29) is 11.1 Å². The summed E-state index contributed by atoms with van der Waals surface area (Å²) in [6.07, 6.45) is 0. The highest BCUT2D eigenvalue weighted by atomic mass is 32.1. The van der Waals surface area contributed by atoms with Gasteiger partial charge in [0.05, 0.1) is 22.8 Å². The Morgan fingerprint density at radius 1 is 0.923 bits per heavy atom. The predicted molar refractivity (Wildman–Crippen MR) is 47.8 cm³/mol. The Kier molecular flexibility index (Phi) is 2.55. The van der Waals surface area contributed by atoms with Gasteiger partial charge in [-0.3, -0.25) is 0 Å². The summed E-state index contributed by atoms with van der Waals surface area (Å²) in [7, 11) is 0. The molecule has 0 radical (unpaired) electrons. The van der Waals surface area contributed by atoms with E-state index in [9.17, 15) is 0 Å². The molecule has 0 saturated carbocycles. The minimum absolute atomic E-state index is 0.249. The molecule has 0 N–H and O–H groups in total. The maximum Gasteiger partial charge on any atom is 0.100 e. The third-order valence-electron chi connectivity index (χ3n) is 1.48. The standard InChI is InChI=1S/C9H3N3S/c10-3-6-1-7(4-11)9(13)8(2-6)5-12/h1-2,13H. The fourth-order valence-electron chi connectivity index (χ4n) is 0.869. The third-order valence-corrected chi connectivity index (χ3v) is 1.96. The summed E-state index contributed by atoms with van der Waals surface area (Å²) in [6.45, 7) is 0. The average molecular weight is 185 g/mol. The van der Waals surface area contributed by atoms with Gasteiger partial charge in [-0.05, 0) is 12.1 Å². The summed E-state index contributed by atoms with van der Waals surface area (Å²) in [6, 6.07) is 8.41. The van der Waals surface area contributed by atoms with Gasteiger partial charge in [-0.15, -0.1) is 12.6 Å². The lowest BCUT2D eigenvalue weighted by atomic mass is 10.1. The summed E-state index contributed by atoms with van der Waals surface area (Å²) in [5, 5.41) is 25.9. The second-order valence-corrected chi connectivity index (χ2v) is 2.70. The van der Waals surface area contributed by atoms with Gasteiger partial charge in [-0.25, -0.2) is 0 Å². The molecule has 0 amide bonds. The number of nitrogens with zero attached hydrogens (tertiary/aromatic N) is 3. The topological polar surface area (TPSA) is 71.4 Å². The zero-order chi connectivity index (χ0) is 9.84. The lowest BCUT2D eigenvalue weighted by Gasteiger charge is -1.98. The van der Waals surface area contributed by atoms with Crippen LogP contribution in [0.1, 0.15) is 16.7 Å². The van der Waals surface area contributed by atoms with Crippen LogP contribution in [0.5, 0.6) is 0 Å². The Hall–Kier alpha value is -1.96. The maximum atomic E-state index is 8.64. The van der Waals surface area contributed by atoms with E-state index in [1.807, 2.05) is 18.2 Å². The number of benzene rings is 1. The minimum atomic E-state index is 0.249. The van der Waals surface area contributed by atoms with Crippen LogP contribution in [-0.4, -0.2) is 0 Å². The number of hydrogen-bond acceptors (Lipinski definition) is 4. The molecular formula is C9H3N3S. The Labute approximate surface area is 80.9 Å². The molecule has 13 heavy (non-hydrogen) atoms. The van der Waals surface area contributed by atoms with Gasteiger partial charge in [-0.2, -0.15) is 15.8 Å². The predicted octanol–water partition coefficient (Wildman–Crippen LogP) is 1.59. The molecule has 1 rings (SSSR count). The van der Waals surface area contributed by atoms with Gasteiger partial charge in [0.2, 0.25) is 0 Å². The summed E-state index contributed by atoms with van der Waals surface area (Å²) in [5.74, 6) is 0. The van der Waals surface area contributed by atoms with Crippen molar-refractivity contribution in [2.75, 3.05) is 0 Å². The SMILES string of the molecule is N#Cc1cc(C#N)c(S)c(C#N)c1. The molecule has 4 heteroatoms. The van der Waals surface area contributed by atoms with Crippen LogP contribution in [-0.2, 0) is 0 Å². The summed E-state index contributed by atoms with van der Waals surface area (Å²) < 4.78 is 0. The van der Waals surface area contributed by atoms with Crippen molar-refractivity contribution in [3.8, 4) is 18.2 Å². The van der Waals surface area contributed by atoms with Gasteiger partial charge in [0.25, 0.3) is 0 Å². The second kappa shape index (κ2) is 3.63. The Morgan fingerprint density at radius 3 is 1.69 bits per heavy atom. The van der Waals surface area contributed by atoms with Crippen molar-refractivity contribution in [2.45, 2.75) is 4.90 Å². The van der Waals surface area contributed by atoms with Gasteiger partial charge in [-0.1, -0.05) is 0 Å². The van der Waals surface area contributed by atoms with Crippen molar-refractivity contribution in [3.63, 3.8) is 0 Å². The van der Waals surface area contributed by atoms with Crippen molar-refractivity contribution in [2.24, 2.45) is 0 Å². The monoisotopic (exact) mass is 185 g/mol. The van der Waals surface area contributed by atoms with Crippen LogP contribution in [0.2, 0.25) is 0 Å². The molecule has 0 fully saturated rings. The lowest BCUT2D eigenvalue weighted by Crippen LogP contribution is -1.87. The molecule has 0 heterocycles. The summed E-state index contributed by atoms with van der Waals surface area (Å²) in [4.78, 5) is 0.323. The van der Waals surface area contributed by atoms with Crippen LogP contribution < -0.4 is 0 Å². The molecule has 0 aliphatic rings. The van der Waals surface area contributed by atoms with Gasteiger partial charge in [0.1, 0.15) is 12.1 Å². The van der Waals surface area contributed by atoms with Crippen LogP contribution >= 0.6 is 12.6 Å². The van der Waals surface area contributed by atoms with Crippen molar-refractivity contribution < 1.29 is 0 Å². The zero-order valence-corrected chi connectivity index (χ0v) is 7.34. The number of hydrogen-bond donors (Lipinski definition) is 1. The van der Waals surface area contributed by atoms with E-state index in [1.165, 1.54) is 12.1 Å². The van der Waals surface area contributed by atoms with E-state index in [0.29, 0.717) is 10.5 Å². The first-order chi connectivity index (χ1) is 6.22. The van der Waals surface area contributed by atoms with E-state index in [0.717, 1.165) is 0 Å². The fourth-order valence-corrected chi connectivity index (χ4v) is 1.10. The smallest absolute Gasteiger partial charge is 0.100 e. The first-order valence-electron chi connectivity index (χ1n) is 3.30. The number of rotatable bonds is 0. The van der Waals surface area contributed by atoms with Crippen LogP contribution in [0, 0.1) is 34.0 Å². The highest BCUT2D eigenvalue weighted by Gasteiger charge is 2.06. The zero-order valence-electron chi connectivity index (χ0n) is 6.44. The van der Waals surface area contributed by atoms with Crippen LogP contribution in [0.25, 0.3) is 0 Å². The molecule has 0 aliphatic heterocycles. The first-order valence-corrected chi connectivity index (χ1v) is 3.75. The van der Waals surface area contributed by atoms with Crippen molar-refractivity contribution in [1.82, 2.24) is 0 Å². The molecular weight excluding hydrogens is 182 g/mol. The third kappa shape index (κ3) is 1.62. The van der Waals surface area contributed by atoms with E-state index >= 15 is 0 Å². The average Bonchev–Trinajstić information content (AvgIpc) is 2.18. The number of nitriles is 3. The first kappa shape index (κ1) is 9.13. The highest BCUT2D eigenvalue weighted by Crippen LogP contribution is 2.19. The van der Waals surface area contributed by atoms with Crippen LogP contribution in [0.4, 0.5) is 0 Å². The maximum absolute atomic E-state index is 8.64. The molecule has 3 nitrogen and oxygen atoms in total. The molecule has 0 unspecified atom stereocenters. The van der Waals surface area contributed by atoms with Crippen LogP contribution in [0.3, 0.4) is 0 Å². The van der Waals surface area contributed by atoms with Crippen molar-refractivity contribution >= 4 is 12.6 Å². The molecule has 0 atom stereocenters. The molecule has 0 spiro atoms. The largest absolute Gasteiger partial charge is 0.192 e. The summed E-state index contributed by atoms with van der Waals surface area (Å²) >= 11 is 4.00. The molecule has 1 aromatic carbocycles. The van der Waals surface area contributed by atoms with E-state index in [1.54, 1.807) is 0 Å². The molecule has 1 aromatic rings. The van der Waals surface area contributed by atoms with E-state index in [2.05, 4.69) is 12.6 Å². The van der Waals surface area contributed by atoms with E-state index in [4.69, 9.17) is 15.8 Å². The Bertz CT molecular complexity index is 436. The van der Waals surface area contributed by atoms with Gasteiger partial charge in [0, 0.05) is 4.90 Å². The summed E-state index contributed by atoms with van der Waals surface area (Å²) in [5.41, 5.74) is 0.795. The van der Waals surface area contributed by atoms with Crippen molar-refractivity contribution in [3.05, 3.63) is 28.8 Å². The second-order valence-electron chi connectivity index (χ2n) is 2.26. The molecule has 0 saturated heterocycles. The molecule has 0 aromatic heterocycles. The fraction of sp³-hybridized carbons (Fsp3) is 0. The van der Waals surface area contributed by atoms with Gasteiger partial charge in [0.15, 0.2) is 0 Å². The minimum Gasteiger partial charge on any atom is -0.192 e. The van der Waals surface area contributed by atoms with Gasteiger partial charge < -0.3 is 0 Å². The Morgan fingerprint density at radius 2 is 1.38 bits per heavy atom. The molecule has 60 valence electrons. The lowest BCUT2D eigenvalue weighted by molar-refractivity contribution is 1.31. The van der Waals surface area contributed by atoms with Crippen molar-refractivity contribution in [1.29, 1.82) is 15.8 Å². The highest BCUT2D eigenvalue weighted by molar-refractivity contribution is 7.80. The molecule has 0 aliphatic carbocycles. The van der Waals surface area contributed by atoms with Gasteiger partial charge >= 0.3 is 0 Å². The molecule has 0 bridgehead atoms. The normalized spacial score (nSPS) is 8.15. The quantitative estimate of drug-likeness (QED) is 0.624. The van der Waals surface area contributed by atoms with E-state index < -0.39 is 0 Å². The number of thiol groups is 1. The Balaban J connectivity index is 3.53.